The van der Waals surface area contributed by atoms with Gasteiger partial charge in [-0.2, -0.15) is 0 Å². The number of aromatic nitrogens is 3. The Hall–Kier alpha value is -2.52. The van der Waals surface area contributed by atoms with E-state index in [0.29, 0.717) is 19.4 Å². The van der Waals surface area contributed by atoms with Crippen molar-refractivity contribution in [2.45, 2.75) is 12.8 Å². The zero-order chi connectivity index (χ0) is 19.6. The molecule has 1 aromatic carbocycles. The molecule has 2 heterocycles. The molecule has 3 rings (SSSR count). The van der Waals surface area contributed by atoms with Crippen molar-refractivity contribution in [3.05, 3.63) is 40.9 Å². The van der Waals surface area contributed by atoms with Crippen LogP contribution in [0.1, 0.15) is 23.3 Å². The lowest BCUT2D eigenvalue weighted by Crippen LogP contribution is -2.52. The molecule has 1 unspecified atom stereocenters. The van der Waals surface area contributed by atoms with E-state index in [1.165, 1.54) is 30.3 Å². The highest BCUT2D eigenvalue weighted by atomic mass is 35.5. The first-order valence-corrected chi connectivity index (χ1v) is 8.64. The Balaban J connectivity index is 1.83. The number of likely N-dealkylation sites (tertiary alicyclic amines) is 1. The van der Waals surface area contributed by atoms with Gasteiger partial charge >= 0.3 is 5.97 Å². The molecule has 0 aliphatic carbocycles. The molecule has 1 aromatic heterocycles. The number of hydrogen-bond acceptors (Lipinski definition) is 5. The van der Waals surface area contributed by atoms with Gasteiger partial charge < -0.3 is 14.7 Å². The molecule has 144 valence electrons. The van der Waals surface area contributed by atoms with E-state index in [2.05, 4.69) is 10.3 Å². The average Bonchev–Trinajstić information content (AvgIpc) is 3.13. The van der Waals surface area contributed by atoms with E-state index < -0.39 is 23.1 Å². The Morgan fingerprint density at radius 3 is 2.93 bits per heavy atom. The van der Waals surface area contributed by atoms with E-state index in [-0.39, 0.29) is 29.6 Å². The minimum absolute atomic E-state index is 0.00648. The third kappa shape index (κ3) is 3.65. The number of rotatable bonds is 5. The number of nitrogens with zero attached hydrogens (tertiary/aromatic N) is 4. The molecule has 1 fully saturated rings. The molecular weight excluding hydrogens is 379 g/mol. The van der Waals surface area contributed by atoms with Crippen molar-refractivity contribution in [1.82, 2.24) is 19.9 Å². The van der Waals surface area contributed by atoms with Crippen molar-refractivity contribution in [3.8, 4) is 5.69 Å². The minimum Gasteiger partial charge on any atom is -0.481 e. The molecule has 27 heavy (non-hydrogen) atoms. The van der Waals surface area contributed by atoms with Crippen molar-refractivity contribution < 1.29 is 23.8 Å². The zero-order valence-corrected chi connectivity index (χ0v) is 15.3. The van der Waals surface area contributed by atoms with Gasteiger partial charge in [-0.3, -0.25) is 9.59 Å². The molecule has 1 aliphatic rings. The molecule has 1 atom stereocenters. The Morgan fingerprint density at radius 1 is 1.44 bits per heavy atom. The number of hydrogen-bond donors (Lipinski definition) is 1. The Bertz CT molecular complexity index is 870. The first-order chi connectivity index (χ1) is 12.9. The monoisotopic (exact) mass is 396 g/mol. The molecule has 0 spiro atoms. The number of carbonyl (C=O) groups excluding carboxylic acids is 1. The van der Waals surface area contributed by atoms with Gasteiger partial charge in [-0.15, -0.1) is 5.10 Å². The van der Waals surface area contributed by atoms with E-state index in [4.69, 9.17) is 16.3 Å². The second kappa shape index (κ2) is 7.61. The van der Waals surface area contributed by atoms with Gasteiger partial charge in [0.1, 0.15) is 11.1 Å². The summed E-state index contributed by atoms with van der Waals surface area (Å²) >= 11 is 5.77. The largest absolute Gasteiger partial charge is 0.481 e. The number of methoxy groups -OCH3 is 1. The molecular formula is C17H18ClFN4O4. The highest BCUT2D eigenvalue weighted by Gasteiger charge is 2.44. The second-order valence-electron chi connectivity index (χ2n) is 6.47. The van der Waals surface area contributed by atoms with Crippen LogP contribution in [0.5, 0.6) is 0 Å². The summed E-state index contributed by atoms with van der Waals surface area (Å²) in [5.41, 5.74) is -1.10. The van der Waals surface area contributed by atoms with Gasteiger partial charge in [-0.25, -0.2) is 9.07 Å². The number of piperidine rings is 1. The Labute approximate surface area is 159 Å². The minimum atomic E-state index is -1.16. The van der Waals surface area contributed by atoms with Gasteiger partial charge in [0.05, 0.1) is 17.8 Å². The lowest BCUT2D eigenvalue weighted by Gasteiger charge is -2.39. The summed E-state index contributed by atoms with van der Waals surface area (Å²) in [6, 6.07) is 4.41. The predicted molar refractivity (Wildman–Crippen MR) is 93.4 cm³/mol. The van der Waals surface area contributed by atoms with E-state index in [1.807, 2.05) is 0 Å². The number of ether oxygens (including phenoxy) is 1. The van der Waals surface area contributed by atoms with Crippen LogP contribution in [0.2, 0.25) is 5.02 Å². The van der Waals surface area contributed by atoms with Crippen molar-refractivity contribution >= 4 is 23.5 Å². The average molecular weight is 397 g/mol. The number of amides is 1. The smallest absolute Gasteiger partial charge is 0.313 e. The fourth-order valence-electron chi connectivity index (χ4n) is 3.25. The quantitative estimate of drug-likeness (QED) is 0.830. The van der Waals surface area contributed by atoms with Gasteiger partial charge in [0.25, 0.3) is 5.91 Å². The number of halogens is 2. The molecule has 0 radical (unpaired) electrons. The zero-order valence-electron chi connectivity index (χ0n) is 14.6. The lowest BCUT2D eigenvalue weighted by molar-refractivity contribution is -0.155. The number of carboxylic acid groups (broad SMARTS) is 1. The van der Waals surface area contributed by atoms with Gasteiger partial charge in [0.2, 0.25) is 0 Å². The fraction of sp³-hybridized carbons (Fsp3) is 0.412. The van der Waals surface area contributed by atoms with Crippen LogP contribution in [0.4, 0.5) is 4.39 Å². The molecule has 10 heteroatoms. The first-order valence-electron chi connectivity index (χ1n) is 8.26. The molecule has 0 saturated carbocycles. The highest BCUT2D eigenvalue weighted by molar-refractivity contribution is 6.30. The SMILES string of the molecule is COCC1(C(=O)O)CCCN(C(=O)c2cn(-c3cccc(Cl)c3F)nn2)C1. The van der Waals surface area contributed by atoms with E-state index in [9.17, 15) is 19.1 Å². The third-order valence-electron chi connectivity index (χ3n) is 4.63. The van der Waals surface area contributed by atoms with Crippen molar-refractivity contribution in [2.24, 2.45) is 5.41 Å². The van der Waals surface area contributed by atoms with Crippen LogP contribution >= 0.6 is 11.6 Å². The van der Waals surface area contributed by atoms with Crippen molar-refractivity contribution in [3.63, 3.8) is 0 Å². The van der Waals surface area contributed by atoms with Gasteiger partial charge in [0, 0.05) is 20.2 Å². The van der Waals surface area contributed by atoms with E-state index in [0.717, 1.165) is 4.68 Å². The third-order valence-corrected chi connectivity index (χ3v) is 4.92. The van der Waals surface area contributed by atoms with E-state index in [1.54, 1.807) is 6.07 Å². The Kier molecular flexibility index (Phi) is 5.43. The van der Waals surface area contributed by atoms with Crippen LogP contribution in [0.15, 0.2) is 24.4 Å². The number of aliphatic carboxylic acids is 1. The van der Waals surface area contributed by atoms with Crippen LogP contribution in [0.25, 0.3) is 5.69 Å². The summed E-state index contributed by atoms with van der Waals surface area (Å²) in [5, 5.41) is 17.1. The lowest BCUT2D eigenvalue weighted by atomic mass is 9.80. The van der Waals surface area contributed by atoms with Crippen LogP contribution in [0, 0.1) is 11.2 Å². The number of benzene rings is 1. The summed E-state index contributed by atoms with van der Waals surface area (Å²) in [6.07, 6.45) is 2.24. The number of carbonyl (C=O) groups is 2. The molecule has 1 saturated heterocycles. The predicted octanol–water partition coefficient (Wildman–Crippen LogP) is 2.01. The normalized spacial score (nSPS) is 19.9. The summed E-state index contributed by atoms with van der Waals surface area (Å²) in [5.74, 6) is -2.15. The molecule has 1 amide bonds. The molecule has 1 N–H and O–H groups in total. The second-order valence-corrected chi connectivity index (χ2v) is 6.88. The first kappa shape index (κ1) is 19.2. The summed E-state index contributed by atoms with van der Waals surface area (Å²) in [4.78, 5) is 25.9. The topological polar surface area (TPSA) is 97.6 Å². The molecule has 0 bridgehead atoms. The van der Waals surface area contributed by atoms with Crippen molar-refractivity contribution in [1.29, 1.82) is 0 Å². The summed E-state index contributed by atoms with van der Waals surface area (Å²) < 4.78 is 20.3. The van der Waals surface area contributed by atoms with Crippen LogP contribution in [0.3, 0.4) is 0 Å². The summed E-state index contributed by atoms with van der Waals surface area (Å²) in [6.45, 7) is 0.413. The van der Waals surface area contributed by atoms with Crippen LogP contribution in [-0.2, 0) is 9.53 Å². The molecule has 1 aliphatic heterocycles. The van der Waals surface area contributed by atoms with E-state index >= 15 is 0 Å². The van der Waals surface area contributed by atoms with Gasteiger partial charge in [-0.1, -0.05) is 22.9 Å². The maximum Gasteiger partial charge on any atom is 0.313 e. The summed E-state index contributed by atoms with van der Waals surface area (Å²) in [7, 11) is 1.43. The highest BCUT2D eigenvalue weighted by Crippen LogP contribution is 2.31. The van der Waals surface area contributed by atoms with Crippen molar-refractivity contribution in [2.75, 3.05) is 26.8 Å². The van der Waals surface area contributed by atoms with Gasteiger partial charge in [0.15, 0.2) is 11.5 Å². The van der Waals surface area contributed by atoms with Gasteiger partial charge in [-0.05, 0) is 25.0 Å². The Morgan fingerprint density at radius 2 is 2.22 bits per heavy atom. The van der Waals surface area contributed by atoms with Crippen LogP contribution in [-0.4, -0.2) is 63.7 Å². The molecule has 2 aromatic rings. The standard InChI is InChI=1S/C17H18ClFN4O4/c1-27-10-17(16(25)26)6-3-7-22(9-17)15(24)12-8-23(21-20-12)13-5-2-4-11(18)14(13)19/h2,4-5,8H,3,6-7,9-10H2,1H3,(H,25,26). The van der Waals surface area contributed by atoms with Crippen LogP contribution < -0.4 is 0 Å². The number of carboxylic acids is 1. The fourth-order valence-corrected chi connectivity index (χ4v) is 3.42. The maximum atomic E-state index is 14.1. The molecule has 8 nitrogen and oxygen atoms in total. The maximum absolute atomic E-state index is 14.1.